The second kappa shape index (κ2) is 8.87. The lowest BCUT2D eigenvalue weighted by molar-refractivity contribution is -0.137. The number of carbonyl (C=O) groups excluding carboxylic acids is 1. The van der Waals surface area contributed by atoms with Crippen LogP contribution in [0.25, 0.3) is 16.6 Å². The molecule has 0 aliphatic heterocycles. The average molecular weight is 515 g/mol. The molecule has 0 saturated heterocycles. The van der Waals surface area contributed by atoms with Crippen LogP contribution in [0.2, 0.25) is 0 Å². The van der Waals surface area contributed by atoms with Gasteiger partial charge in [-0.25, -0.2) is 13.8 Å². The molecule has 0 atom stereocenters. The van der Waals surface area contributed by atoms with E-state index in [0.717, 1.165) is 24.3 Å². The lowest BCUT2D eigenvalue weighted by atomic mass is 10.1. The molecule has 3 heterocycles. The fourth-order valence-electron chi connectivity index (χ4n) is 4.06. The first-order valence-electron chi connectivity index (χ1n) is 10.9. The molecule has 0 aliphatic rings. The number of pyridine rings is 1. The van der Waals surface area contributed by atoms with Crippen LogP contribution >= 0.6 is 0 Å². The van der Waals surface area contributed by atoms with Crippen LogP contribution in [-0.4, -0.2) is 25.1 Å². The predicted molar refractivity (Wildman–Crippen MR) is 124 cm³/mol. The number of aromatic nitrogens is 4. The van der Waals surface area contributed by atoms with Crippen molar-refractivity contribution in [3.05, 3.63) is 88.9 Å². The highest BCUT2D eigenvalue weighted by atomic mass is 19.4. The zero-order valence-corrected chi connectivity index (χ0v) is 19.4. The molecule has 37 heavy (non-hydrogen) atoms. The Kier molecular flexibility index (Phi) is 5.81. The number of alkyl halides is 3. The standard InChI is InChI=1S/C25H18F5N5O2/c1-13-21(24(36)32-22-15-11-14(25(28,29)30)8-9-19(15)34(2)33-22)35-10-4-7-20(23(35)31-13)37-12-16-17(26)5-3-6-18(16)27/h3-11H,12H2,1-2H3,(H,32,33,36). The molecule has 190 valence electrons. The summed E-state index contributed by atoms with van der Waals surface area (Å²) in [6.45, 7) is 1.16. The first-order chi connectivity index (χ1) is 17.5. The van der Waals surface area contributed by atoms with E-state index in [1.54, 1.807) is 26.2 Å². The van der Waals surface area contributed by atoms with E-state index in [9.17, 15) is 26.7 Å². The van der Waals surface area contributed by atoms with Crippen molar-refractivity contribution in [2.75, 3.05) is 5.32 Å². The summed E-state index contributed by atoms with van der Waals surface area (Å²) in [6, 6.07) is 9.71. The summed E-state index contributed by atoms with van der Waals surface area (Å²) in [4.78, 5) is 17.6. The predicted octanol–water partition coefficient (Wildman–Crippen LogP) is 5.66. The van der Waals surface area contributed by atoms with Crippen LogP contribution in [0.4, 0.5) is 27.8 Å². The lowest BCUT2D eigenvalue weighted by Crippen LogP contribution is -2.16. The SMILES string of the molecule is Cc1nc2c(OCc3c(F)cccc3F)cccn2c1C(=O)Nc1nn(C)c2ccc(C(F)(F)F)cc12. The van der Waals surface area contributed by atoms with Crippen LogP contribution in [0.5, 0.6) is 5.75 Å². The number of amides is 1. The number of aryl methyl sites for hydroxylation is 2. The highest BCUT2D eigenvalue weighted by molar-refractivity contribution is 6.08. The number of ether oxygens (including phenoxy) is 1. The Balaban J connectivity index is 1.48. The molecule has 1 amide bonds. The molecule has 5 aromatic rings. The number of nitrogens with zero attached hydrogens (tertiary/aromatic N) is 4. The lowest BCUT2D eigenvalue weighted by Gasteiger charge is -2.10. The van der Waals surface area contributed by atoms with Gasteiger partial charge >= 0.3 is 6.18 Å². The van der Waals surface area contributed by atoms with Gasteiger partial charge in [-0.05, 0) is 49.4 Å². The number of nitrogens with one attached hydrogen (secondary N) is 1. The van der Waals surface area contributed by atoms with E-state index >= 15 is 0 Å². The van der Waals surface area contributed by atoms with Crippen molar-refractivity contribution >= 4 is 28.3 Å². The van der Waals surface area contributed by atoms with Crippen molar-refractivity contribution < 1.29 is 31.5 Å². The largest absolute Gasteiger partial charge is 0.485 e. The van der Waals surface area contributed by atoms with E-state index < -0.39 is 35.9 Å². The Bertz CT molecular complexity index is 1650. The first kappa shape index (κ1) is 24.2. The van der Waals surface area contributed by atoms with Crippen LogP contribution in [0, 0.1) is 18.6 Å². The third kappa shape index (κ3) is 4.34. The highest BCUT2D eigenvalue weighted by Gasteiger charge is 2.31. The summed E-state index contributed by atoms with van der Waals surface area (Å²) in [6.07, 6.45) is -3.02. The summed E-state index contributed by atoms with van der Waals surface area (Å²) in [7, 11) is 1.55. The monoisotopic (exact) mass is 515 g/mol. The molecule has 2 aromatic carbocycles. The van der Waals surface area contributed by atoms with Crippen LogP contribution in [0.15, 0.2) is 54.7 Å². The van der Waals surface area contributed by atoms with Crippen LogP contribution < -0.4 is 10.1 Å². The third-order valence-corrected chi connectivity index (χ3v) is 5.85. The molecule has 7 nitrogen and oxygen atoms in total. The van der Waals surface area contributed by atoms with E-state index in [1.165, 1.54) is 27.3 Å². The van der Waals surface area contributed by atoms with Gasteiger partial charge < -0.3 is 10.1 Å². The van der Waals surface area contributed by atoms with Crippen molar-refractivity contribution in [2.24, 2.45) is 7.05 Å². The number of anilines is 1. The van der Waals surface area contributed by atoms with Crippen molar-refractivity contribution in [2.45, 2.75) is 19.7 Å². The minimum Gasteiger partial charge on any atom is -0.485 e. The van der Waals surface area contributed by atoms with Crippen molar-refractivity contribution in [1.82, 2.24) is 19.2 Å². The van der Waals surface area contributed by atoms with Gasteiger partial charge in [-0.2, -0.15) is 18.3 Å². The van der Waals surface area contributed by atoms with Crippen LogP contribution in [0.3, 0.4) is 0 Å². The fourth-order valence-corrected chi connectivity index (χ4v) is 4.06. The average Bonchev–Trinajstić information content (AvgIpc) is 3.34. The number of hydrogen-bond acceptors (Lipinski definition) is 4. The summed E-state index contributed by atoms with van der Waals surface area (Å²) in [5.74, 6) is -2.07. The zero-order chi connectivity index (χ0) is 26.5. The zero-order valence-electron chi connectivity index (χ0n) is 19.4. The van der Waals surface area contributed by atoms with E-state index in [0.29, 0.717) is 11.2 Å². The summed E-state index contributed by atoms with van der Waals surface area (Å²) >= 11 is 0. The quantitative estimate of drug-likeness (QED) is 0.307. The van der Waals surface area contributed by atoms with Gasteiger partial charge in [-0.1, -0.05) is 6.07 Å². The minimum absolute atomic E-state index is 0.0506. The van der Waals surface area contributed by atoms with Crippen molar-refractivity contribution in [1.29, 1.82) is 0 Å². The van der Waals surface area contributed by atoms with Gasteiger partial charge in [0.25, 0.3) is 5.91 Å². The van der Waals surface area contributed by atoms with E-state index in [2.05, 4.69) is 15.4 Å². The Morgan fingerprint density at radius 2 is 1.81 bits per heavy atom. The van der Waals surface area contributed by atoms with Gasteiger partial charge in [0.1, 0.15) is 23.9 Å². The number of imidazole rings is 1. The van der Waals surface area contributed by atoms with Gasteiger partial charge in [-0.3, -0.25) is 13.9 Å². The van der Waals surface area contributed by atoms with Gasteiger partial charge in [-0.15, -0.1) is 0 Å². The number of halogens is 5. The molecule has 12 heteroatoms. The fraction of sp³-hybridized carbons (Fsp3) is 0.160. The number of rotatable bonds is 5. The maximum atomic E-state index is 14.0. The molecule has 0 bridgehead atoms. The molecule has 0 unspecified atom stereocenters. The number of hydrogen-bond donors (Lipinski definition) is 1. The molecule has 0 radical (unpaired) electrons. The van der Waals surface area contributed by atoms with Crippen molar-refractivity contribution in [3.63, 3.8) is 0 Å². The maximum Gasteiger partial charge on any atom is 0.416 e. The molecular formula is C25H18F5N5O2. The van der Waals surface area contributed by atoms with Crippen LogP contribution in [0.1, 0.15) is 27.3 Å². The molecule has 0 saturated carbocycles. The van der Waals surface area contributed by atoms with Gasteiger partial charge in [0, 0.05) is 18.6 Å². The molecule has 0 fully saturated rings. The van der Waals surface area contributed by atoms with Crippen LogP contribution in [-0.2, 0) is 19.8 Å². The number of benzene rings is 2. The molecule has 1 N–H and O–H groups in total. The third-order valence-electron chi connectivity index (χ3n) is 5.85. The molecule has 3 aromatic heterocycles. The highest BCUT2D eigenvalue weighted by Crippen LogP contribution is 2.34. The van der Waals surface area contributed by atoms with Gasteiger partial charge in [0.15, 0.2) is 17.2 Å². The summed E-state index contributed by atoms with van der Waals surface area (Å²) < 4.78 is 76.1. The molecule has 5 rings (SSSR count). The number of carbonyl (C=O) groups is 1. The topological polar surface area (TPSA) is 73.5 Å². The van der Waals surface area contributed by atoms with E-state index in [4.69, 9.17) is 4.74 Å². The molecular weight excluding hydrogens is 497 g/mol. The summed E-state index contributed by atoms with van der Waals surface area (Å²) in [5.41, 5.74) is -0.139. The number of fused-ring (bicyclic) bond motifs is 2. The Labute approximate surface area is 206 Å². The first-order valence-corrected chi connectivity index (χ1v) is 10.9. The Morgan fingerprint density at radius 3 is 2.51 bits per heavy atom. The second-order valence-corrected chi connectivity index (χ2v) is 8.26. The smallest absolute Gasteiger partial charge is 0.416 e. The van der Waals surface area contributed by atoms with Gasteiger partial charge in [0.05, 0.1) is 22.3 Å². The van der Waals surface area contributed by atoms with E-state index in [1.807, 2.05) is 0 Å². The normalized spacial score (nSPS) is 11.9. The second-order valence-electron chi connectivity index (χ2n) is 8.26. The minimum atomic E-state index is -4.56. The Morgan fingerprint density at radius 1 is 1.08 bits per heavy atom. The summed E-state index contributed by atoms with van der Waals surface area (Å²) in [5, 5.41) is 6.85. The maximum absolute atomic E-state index is 14.0. The van der Waals surface area contributed by atoms with E-state index in [-0.39, 0.29) is 33.9 Å². The van der Waals surface area contributed by atoms with Crippen molar-refractivity contribution in [3.8, 4) is 5.75 Å². The molecule has 0 spiro atoms. The van der Waals surface area contributed by atoms with Gasteiger partial charge in [0.2, 0.25) is 0 Å². The Hall–Kier alpha value is -4.48. The molecule has 0 aliphatic carbocycles.